The number of anilines is 2. The van der Waals surface area contributed by atoms with Crippen LogP contribution in [0.4, 0.5) is 16.2 Å². The van der Waals surface area contributed by atoms with E-state index < -0.39 is 0 Å². The first-order valence-corrected chi connectivity index (χ1v) is 9.74. The van der Waals surface area contributed by atoms with Crippen molar-refractivity contribution in [3.8, 4) is 0 Å². The standard InChI is InChI=1S/C15H13N3OS.C6H13NO/c19-15(17-11-1-4-13(20)5-2-11)18-12-3-6-14-10(9-12)7-8-16-14;1-5-3-7-4-6(2)8-5/h1-9,16,20H,(H2,17,18,19);5-7H,3-4H2,1-2H3. The van der Waals surface area contributed by atoms with Crippen LogP contribution in [0, 0.1) is 0 Å². The lowest BCUT2D eigenvalue weighted by Gasteiger charge is -2.25. The van der Waals surface area contributed by atoms with Gasteiger partial charge in [0.05, 0.1) is 12.2 Å². The molecule has 2 atom stereocenters. The smallest absolute Gasteiger partial charge is 0.323 e. The minimum absolute atomic E-state index is 0.271. The number of ether oxygens (including phenoxy) is 1. The van der Waals surface area contributed by atoms with Crippen molar-refractivity contribution < 1.29 is 9.53 Å². The Morgan fingerprint density at radius 1 is 1.00 bits per heavy atom. The molecule has 4 rings (SSSR count). The molecule has 28 heavy (non-hydrogen) atoms. The molecule has 2 heterocycles. The molecular formula is C21H26N4O2S. The van der Waals surface area contributed by atoms with Crippen LogP contribution in [0.15, 0.2) is 59.6 Å². The number of carbonyl (C=O) groups excluding carboxylic acids is 1. The van der Waals surface area contributed by atoms with E-state index in [1.54, 1.807) is 12.1 Å². The zero-order chi connectivity index (χ0) is 19.9. The summed E-state index contributed by atoms with van der Waals surface area (Å²) in [7, 11) is 0. The molecule has 2 aromatic carbocycles. The first kappa shape index (κ1) is 20.3. The Labute approximate surface area is 170 Å². The van der Waals surface area contributed by atoms with Crippen LogP contribution in [0.5, 0.6) is 0 Å². The van der Waals surface area contributed by atoms with E-state index in [0.717, 1.165) is 40.3 Å². The van der Waals surface area contributed by atoms with E-state index in [1.807, 2.05) is 42.6 Å². The van der Waals surface area contributed by atoms with Gasteiger partial charge in [-0.25, -0.2) is 4.79 Å². The van der Waals surface area contributed by atoms with Gasteiger partial charge >= 0.3 is 6.03 Å². The van der Waals surface area contributed by atoms with Crippen LogP contribution in [0.1, 0.15) is 13.8 Å². The molecule has 6 nitrogen and oxygen atoms in total. The largest absolute Gasteiger partial charge is 0.373 e. The summed E-state index contributed by atoms with van der Waals surface area (Å²) < 4.78 is 5.42. The van der Waals surface area contributed by atoms with Gasteiger partial charge in [0.15, 0.2) is 0 Å². The quantitative estimate of drug-likeness (QED) is 0.413. The van der Waals surface area contributed by atoms with Gasteiger partial charge in [-0.3, -0.25) is 0 Å². The number of fused-ring (bicyclic) bond motifs is 1. The van der Waals surface area contributed by atoms with Gasteiger partial charge in [-0.15, -0.1) is 12.6 Å². The Bertz CT molecular complexity index is 902. The van der Waals surface area contributed by atoms with E-state index in [4.69, 9.17) is 4.74 Å². The van der Waals surface area contributed by atoms with E-state index in [0.29, 0.717) is 12.2 Å². The van der Waals surface area contributed by atoms with Gasteiger partial charge in [-0.1, -0.05) is 0 Å². The maximum atomic E-state index is 11.9. The number of benzene rings is 2. The predicted octanol–water partition coefficient (Wildman–Crippen LogP) is 4.48. The van der Waals surface area contributed by atoms with Crippen molar-refractivity contribution in [1.82, 2.24) is 10.3 Å². The van der Waals surface area contributed by atoms with E-state index in [-0.39, 0.29) is 6.03 Å². The maximum absolute atomic E-state index is 11.9. The number of hydrogen-bond acceptors (Lipinski definition) is 4. The number of aromatic amines is 1. The molecule has 0 aliphatic carbocycles. The third kappa shape index (κ3) is 6.02. The van der Waals surface area contributed by atoms with E-state index in [9.17, 15) is 4.79 Å². The number of hydrogen-bond donors (Lipinski definition) is 5. The van der Waals surface area contributed by atoms with E-state index in [1.165, 1.54) is 0 Å². The fourth-order valence-corrected chi connectivity index (χ4v) is 3.10. The van der Waals surface area contributed by atoms with E-state index >= 15 is 0 Å². The molecule has 148 valence electrons. The molecule has 4 N–H and O–H groups in total. The van der Waals surface area contributed by atoms with Gasteiger partial charge in [-0.2, -0.15) is 0 Å². The molecule has 3 aromatic rings. The number of H-pyrrole nitrogens is 1. The summed E-state index contributed by atoms with van der Waals surface area (Å²) in [5.41, 5.74) is 2.52. The number of aromatic nitrogens is 1. The lowest BCUT2D eigenvalue weighted by molar-refractivity contribution is -0.0166. The third-order valence-electron chi connectivity index (χ3n) is 4.26. The summed E-state index contributed by atoms with van der Waals surface area (Å²) in [4.78, 5) is 15.9. The number of nitrogens with one attached hydrogen (secondary N) is 4. The van der Waals surface area contributed by atoms with Gasteiger partial charge in [-0.05, 0) is 62.4 Å². The number of morpholine rings is 1. The molecule has 2 unspecified atom stereocenters. The monoisotopic (exact) mass is 398 g/mol. The summed E-state index contributed by atoms with van der Waals surface area (Å²) >= 11 is 4.20. The average Bonchev–Trinajstić information content (AvgIpc) is 3.12. The second-order valence-corrected chi connectivity index (χ2v) is 7.34. The molecule has 1 aliphatic heterocycles. The van der Waals surface area contributed by atoms with Crippen LogP contribution in [-0.4, -0.2) is 36.3 Å². The highest BCUT2D eigenvalue weighted by Crippen LogP contribution is 2.18. The summed E-state index contributed by atoms with van der Waals surface area (Å²) in [6, 6.07) is 14.7. The first-order valence-electron chi connectivity index (χ1n) is 9.30. The van der Waals surface area contributed by atoms with Crippen molar-refractivity contribution in [2.75, 3.05) is 23.7 Å². The summed E-state index contributed by atoms with van der Waals surface area (Å²) in [6.45, 7) is 6.18. The van der Waals surface area contributed by atoms with Crippen molar-refractivity contribution in [3.63, 3.8) is 0 Å². The van der Waals surface area contributed by atoms with Gasteiger partial charge < -0.3 is 25.7 Å². The highest BCUT2D eigenvalue weighted by Gasteiger charge is 2.12. The fraction of sp³-hybridized carbons (Fsp3) is 0.286. The summed E-state index contributed by atoms with van der Waals surface area (Å²) in [5.74, 6) is 0. The van der Waals surface area contributed by atoms with E-state index in [2.05, 4.69) is 47.4 Å². The molecule has 1 aromatic heterocycles. The molecule has 0 radical (unpaired) electrons. The topological polar surface area (TPSA) is 78.2 Å². The van der Waals surface area contributed by atoms with Crippen molar-refractivity contribution in [2.45, 2.75) is 31.0 Å². The van der Waals surface area contributed by atoms with Crippen molar-refractivity contribution in [3.05, 3.63) is 54.7 Å². The summed E-state index contributed by atoms with van der Waals surface area (Å²) in [5, 5.41) is 9.89. The fourth-order valence-electron chi connectivity index (χ4n) is 2.95. The molecule has 1 saturated heterocycles. The Kier molecular flexibility index (Phi) is 6.97. The molecular weight excluding hydrogens is 372 g/mol. The predicted molar refractivity (Wildman–Crippen MR) is 118 cm³/mol. The SMILES string of the molecule is CC1CNCC(C)O1.O=C(Nc1ccc(S)cc1)Nc1ccc2[nH]ccc2c1. The lowest BCUT2D eigenvalue weighted by Crippen LogP contribution is -2.41. The van der Waals surface area contributed by atoms with Gasteiger partial charge in [0.1, 0.15) is 0 Å². The van der Waals surface area contributed by atoms with Crippen molar-refractivity contribution in [2.24, 2.45) is 0 Å². The number of urea groups is 1. The van der Waals surface area contributed by atoms with Crippen LogP contribution in [0.3, 0.4) is 0 Å². The molecule has 1 aliphatic rings. The highest BCUT2D eigenvalue weighted by atomic mass is 32.1. The minimum Gasteiger partial charge on any atom is -0.373 e. The number of rotatable bonds is 2. The van der Waals surface area contributed by atoms with Crippen LogP contribution < -0.4 is 16.0 Å². The van der Waals surface area contributed by atoms with Crippen LogP contribution >= 0.6 is 12.6 Å². The van der Waals surface area contributed by atoms with Crippen LogP contribution in [-0.2, 0) is 4.74 Å². The molecule has 7 heteroatoms. The molecule has 2 amide bonds. The molecule has 1 fully saturated rings. The van der Waals surface area contributed by atoms with Crippen molar-refractivity contribution in [1.29, 1.82) is 0 Å². The average molecular weight is 399 g/mol. The van der Waals surface area contributed by atoms with Crippen LogP contribution in [0.2, 0.25) is 0 Å². The van der Waals surface area contributed by atoms with Gasteiger partial charge in [0.2, 0.25) is 0 Å². The molecule has 0 saturated carbocycles. The first-order chi connectivity index (χ1) is 13.5. The zero-order valence-electron chi connectivity index (χ0n) is 16.0. The maximum Gasteiger partial charge on any atom is 0.323 e. The number of amides is 2. The van der Waals surface area contributed by atoms with Crippen molar-refractivity contribution >= 4 is 40.9 Å². The van der Waals surface area contributed by atoms with Gasteiger partial charge in [0, 0.05) is 46.5 Å². The second kappa shape index (κ2) is 9.64. The lowest BCUT2D eigenvalue weighted by atomic mass is 10.2. The number of thiol groups is 1. The second-order valence-electron chi connectivity index (χ2n) is 6.82. The van der Waals surface area contributed by atoms with Crippen LogP contribution in [0.25, 0.3) is 10.9 Å². The highest BCUT2D eigenvalue weighted by molar-refractivity contribution is 7.80. The Morgan fingerprint density at radius 2 is 1.64 bits per heavy atom. The minimum atomic E-state index is -0.271. The normalized spacial score (nSPS) is 18.8. The van der Waals surface area contributed by atoms with Gasteiger partial charge in [0.25, 0.3) is 0 Å². The third-order valence-corrected chi connectivity index (χ3v) is 4.56. The molecule has 0 spiro atoms. The molecule has 0 bridgehead atoms. The summed E-state index contributed by atoms with van der Waals surface area (Å²) in [6.07, 6.45) is 2.67. The Balaban J connectivity index is 0.000000236. The Morgan fingerprint density at radius 3 is 2.29 bits per heavy atom. The Hall–Kier alpha value is -2.48. The zero-order valence-corrected chi connectivity index (χ0v) is 16.9. The number of carbonyl (C=O) groups is 1.